The number of hydrogen-bond acceptors (Lipinski definition) is 6. The second kappa shape index (κ2) is 9.83. The van der Waals surface area contributed by atoms with Crippen molar-refractivity contribution in [1.29, 1.82) is 0 Å². The van der Waals surface area contributed by atoms with E-state index < -0.39 is 0 Å². The van der Waals surface area contributed by atoms with Crippen LogP contribution in [0.2, 0.25) is 0 Å². The number of ether oxygens (including phenoxy) is 1. The van der Waals surface area contributed by atoms with E-state index in [2.05, 4.69) is 6.92 Å². The molecule has 0 bridgehead atoms. The van der Waals surface area contributed by atoms with Crippen molar-refractivity contribution in [2.24, 2.45) is 0 Å². The van der Waals surface area contributed by atoms with Gasteiger partial charge in [-0.2, -0.15) is 0 Å². The first kappa shape index (κ1) is 21.8. The fourth-order valence-corrected chi connectivity index (χ4v) is 6.89. The minimum atomic E-state index is 0.0239. The second-order valence-electron chi connectivity index (χ2n) is 8.17. The van der Waals surface area contributed by atoms with E-state index in [1.54, 1.807) is 23.0 Å². The van der Waals surface area contributed by atoms with Gasteiger partial charge in [0.15, 0.2) is 5.16 Å². The molecule has 3 heterocycles. The molecule has 2 aliphatic rings. The summed E-state index contributed by atoms with van der Waals surface area (Å²) in [7, 11) is 1.64. The van der Waals surface area contributed by atoms with Crippen LogP contribution in [0.3, 0.4) is 0 Å². The fraction of sp³-hybridized carbons (Fsp3) is 0.682. The number of aromatic nitrogens is 2. The lowest BCUT2D eigenvalue weighted by Gasteiger charge is -2.35. The summed E-state index contributed by atoms with van der Waals surface area (Å²) >= 11 is 3.06. The minimum Gasteiger partial charge on any atom is -0.383 e. The first-order chi connectivity index (χ1) is 14.6. The third kappa shape index (κ3) is 4.32. The van der Waals surface area contributed by atoms with Gasteiger partial charge in [0.2, 0.25) is 5.91 Å². The summed E-state index contributed by atoms with van der Waals surface area (Å²) in [6, 6.07) is 0.349. The van der Waals surface area contributed by atoms with Crippen molar-refractivity contribution in [2.75, 3.05) is 26.0 Å². The van der Waals surface area contributed by atoms with Crippen LogP contribution in [0.5, 0.6) is 0 Å². The predicted molar refractivity (Wildman–Crippen MR) is 123 cm³/mol. The summed E-state index contributed by atoms with van der Waals surface area (Å²) in [5, 5.41) is 1.44. The van der Waals surface area contributed by atoms with Crippen LogP contribution in [0.1, 0.15) is 55.9 Å². The second-order valence-corrected chi connectivity index (χ2v) is 10.2. The van der Waals surface area contributed by atoms with Crippen molar-refractivity contribution in [2.45, 2.75) is 76.0 Å². The molecule has 0 N–H and O–H groups in total. The van der Waals surface area contributed by atoms with Gasteiger partial charge in [0, 0.05) is 24.6 Å². The van der Waals surface area contributed by atoms with E-state index in [9.17, 15) is 9.59 Å². The number of rotatable bonds is 7. The molecule has 164 valence electrons. The SMILES string of the molecule is CCC1CCCCN1C(=O)CSc1nc2sc3c(c2c(=O)n1CCOC)CCCC3. The van der Waals surface area contributed by atoms with E-state index in [1.165, 1.54) is 35.0 Å². The molecule has 0 radical (unpaired) electrons. The molecular weight excluding hydrogens is 418 g/mol. The summed E-state index contributed by atoms with van der Waals surface area (Å²) in [5.41, 5.74) is 1.23. The van der Waals surface area contributed by atoms with Gasteiger partial charge in [-0.15, -0.1) is 11.3 Å². The highest BCUT2D eigenvalue weighted by Crippen LogP contribution is 2.34. The number of carbonyl (C=O) groups excluding carboxylic acids is 1. The van der Waals surface area contributed by atoms with Crippen LogP contribution in [-0.2, 0) is 28.9 Å². The van der Waals surface area contributed by atoms with Gasteiger partial charge >= 0.3 is 0 Å². The molecule has 0 spiro atoms. The van der Waals surface area contributed by atoms with Gasteiger partial charge in [0.1, 0.15) is 4.83 Å². The lowest BCUT2D eigenvalue weighted by molar-refractivity contribution is -0.132. The Morgan fingerprint density at radius 2 is 2.10 bits per heavy atom. The molecule has 4 rings (SSSR count). The number of hydrogen-bond donors (Lipinski definition) is 0. The zero-order valence-electron chi connectivity index (χ0n) is 17.9. The number of piperidine rings is 1. The van der Waals surface area contributed by atoms with E-state index in [4.69, 9.17) is 9.72 Å². The van der Waals surface area contributed by atoms with Crippen LogP contribution >= 0.6 is 23.1 Å². The first-order valence-electron chi connectivity index (χ1n) is 11.1. The number of thioether (sulfide) groups is 1. The molecule has 1 saturated heterocycles. The predicted octanol–water partition coefficient (Wildman–Crippen LogP) is 3.87. The first-order valence-corrected chi connectivity index (χ1v) is 12.9. The summed E-state index contributed by atoms with van der Waals surface area (Å²) in [6.45, 7) is 3.91. The van der Waals surface area contributed by atoms with Crippen LogP contribution in [0.4, 0.5) is 0 Å². The molecule has 6 nitrogen and oxygen atoms in total. The molecule has 1 fully saturated rings. The fourth-order valence-electron chi connectivity index (χ4n) is 4.67. The van der Waals surface area contributed by atoms with Crippen LogP contribution in [0.15, 0.2) is 9.95 Å². The van der Waals surface area contributed by atoms with Gasteiger partial charge in [-0.1, -0.05) is 18.7 Å². The largest absolute Gasteiger partial charge is 0.383 e. The average Bonchev–Trinajstić information content (AvgIpc) is 3.15. The van der Waals surface area contributed by atoms with E-state index >= 15 is 0 Å². The van der Waals surface area contributed by atoms with Crippen molar-refractivity contribution in [3.63, 3.8) is 0 Å². The Morgan fingerprint density at radius 3 is 2.90 bits per heavy atom. The Kier molecular flexibility index (Phi) is 7.16. The molecular formula is C22H31N3O3S2. The maximum absolute atomic E-state index is 13.4. The molecule has 1 unspecified atom stereocenters. The number of nitrogens with zero attached hydrogens (tertiary/aromatic N) is 3. The number of carbonyl (C=O) groups is 1. The number of fused-ring (bicyclic) bond motifs is 3. The number of thiophene rings is 1. The standard InChI is InChI=1S/C22H31N3O3S2/c1-3-15-8-6-7-11-24(15)18(26)14-29-22-23-20-19(21(27)25(22)12-13-28-2)16-9-4-5-10-17(16)30-20/h15H,3-14H2,1-2H3. The Bertz CT molecular complexity index is 969. The summed E-state index contributed by atoms with van der Waals surface area (Å²) in [6.07, 6.45) is 8.70. The summed E-state index contributed by atoms with van der Waals surface area (Å²) in [5.74, 6) is 0.483. The minimum absolute atomic E-state index is 0.0239. The monoisotopic (exact) mass is 449 g/mol. The lowest BCUT2D eigenvalue weighted by Crippen LogP contribution is -2.44. The van der Waals surface area contributed by atoms with E-state index in [-0.39, 0.29) is 11.5 Å². The van der Waals surface area contributed by atoms with Crippen molar-refractivity contribution in [3.8, 4) is 0 Å². The Balaban J connectivity index is 1.62. The maximum atomic E-state index is 13.4. The Hall–Kier alpha value is -1.38. The van der Waals surface area contributed by atoms with E-state index in [1.807, 2.05) is 4.90 Å². The summed E-state index contributed by atoms with van der Waals surface area (Å²) < 4.78 is 6.96. The molecule has 1 aliphatic heterocycles. The van der Waals surface area contributed by atoms with Crippen molar-refractivity contribution in [3.05, 3.63) is 20.8 Å². The normalized spacial score (nSPS) is 19.3. The third-order valence-electron chi connectivity index (χ3n) is 6.30. The molecule has 1 atom stereocenters. The third-order valence-corrected chi connectivity index (χ3v) is 8.45. The summed E-state index contributed by atoms with van der Waals surface area (Å²) in [4.78, 5) is 35.4. The quantitative estimate of drug-likeness (QED) is 0.474. The number of methoxy groups -OCH3 is 1. The highest BCUT2D eigenvalue weighted by molar-refractivity contribution is 7.99. The molecule has 2 aromatic heterocycles. The van der Waals surface area contributed by atoms with Crippen LogP contribution < -0.4 is 5.56 Å². The molecule has 30 heavy (non-hydrogen) atoms. The van der Waals surface area contributed by atoms with Gasteiger partial charge in [-0.25, -0.2) is 4.98 Å². The van der Waals surface area contributed by atoms with Crippen molar-refractivity contribution >= 4 is 39.2 Å². The van der Waals surface area contributed by atoms with Gasteiger partial charge in [0.25, 0.3) is 5.56 Å². The highest BCUT2D eigenvalue weighted by Gasteiger charge is 2.26. The number of amides is 1. The number of likely N-dealkylation sites (tertiary alicyclic amines) is 1. The van der Waals surface area contributed by atoms with E-state index in [0.29, 0.717) is 30.1 Å². The molecule has 0 saturated carbocycles. The molecule has 1 amide bonds. The van der Waals surface area contributed by atoms with E-state index in [0.717, 1.165) is 55.3 Å². The molecule has 8 heteroatoms. The zero-order chi connectivity index (χ0) is 21.1. The number of aryl methyl sites for hydroxylation is 2. The average molecular weight is 450 g/mol. The maximum Gasteiger partial charge on any atom is 0.263 e. The van der Waals surface area contributed by atoms with Gasteiger partial charge in [-0.3, -0.25) is 14.2 Å². The van der Waals surface area contributed by atoms with Gasteiger partial charge < -0.3 is 9.64 Å². The molecule has 2 aromatic rings. The molecule has 1 aliphatic carbocycles. The van der Waals surface area contributed by atoms with Crippen LogP contribution in [-0.4, -0.2) is 52.4 Å². The topological polar surface area (TPSA) is 64.4 Å². The zero-order valence-corrected chi connectivity index (χ0v) is 19.6. The Labute approximate surface area is 186 Å². The van der Waals surface area contributed by atoms with Crippen molar-refractivity contribution in [1.82, 2.24) is 14.5 Å². The van der Waals surface area contributed by atoms with Gasteiger partial charge in [-0.05, 0) is 56.9 Å². The lowest BCUT2D eigenvalue weighted by atomic mass is 9.97. The van der Waals surface area contributed by atoms with Crippen LogP contribution in [0, 0.1) is 0 Å². The molecule has 0 aromatic carbocycles. The smallest absolute Gasteiger partial charge is 0.263 e. The van der Waals surface area contributed by atoms with Gasteiger partial charge in [0.05, 0.1) is 24.3 Å². The highest BCUT2D eigenvalue weighted by atomic mass is 32.2. The van der Waals surface area contributed by atoms with Crippen LogP contribution in [0.25, 0.3) is 10.2 Å². The van der Waals surface area contributed by atoms with Crippen molar-refractivity contribution < 1.29 is 9.53 Å². The Morgan fingerprint density at radius 1 is 1.27 bits per heavy atom.